The van der Waals surface area contributed by atoms with Gasteiger partial charge < -0.3 is 20.1 Å². The van der Waals surface area contributed by atoms with Crippen LogP contribution in [0.4, 0.5) is 5.00 Å². The van der Waals surface area contributed by atoms with E-state index in [0.717, 1.165) is 56.2 Å². The van der Waals surface area contributed by atoms with Crippen LogP contribution in [0.3, 0.4) is 0 Å². The second-order valence-corrected chi connectivity index (χ2v) is 7.94. The summed E-state index contributed by atoms with van der Waals surface area (Å²) in [6.45, 7) is 7.14. The third kappa shape index (κ3) is 6.10. The molecule has 0 atom stereocenters. The van der Waals surface area contributed by atoms with Gasteiger partial charge >= 0.3 is 0 Å². The largest absolute Gasteiger partial charge is 0.363 e. The number of halogens is 1. The van der Waals surface area contributed by atoms with Crippen molar-refractivity contribution < 1.29 is 4.52 Å². The van der Waals surface area contributed by atoms with Gasteiger partial charge in [0.1, 0.15) is 0 Å². The number of nitrogens with one attached hydrogen (secondary N) is 2. The van der Waals surface area contributed by atoms with Crippen LogP contribution < -0.4 is 15.5 Å². The number of hydrogen-bond acceptors (Lipinski definition) is 5. The van der Waals surface area contributed by atoms with Gasteiger partial charge in [0.2, 0.25) is 0 Å². The lowest BCUT2D eigenvalue weighted by atomic mass is 9.99. The molecule has 156 valence electrons. The second-order valence-electron chi connectivity index (χ2n) is 7.01. The van der Waals surface area contributed by atoms with E-state index in [2.05, 4.69) is 63.1 Å². The molecule has 0 aliphatic carbocycles. The molecule has 3 rings (SSSR count). The lowest BCUT2D eigenvalue weighted by Crippen LogP contribution is -2.48. The molecule has 6 nitrogen and oxygen atoms in total. The van der Waals surface area contributed by atoms with Crippen LogP contribution in [0.5, 0.6) is 0 Å². The molecule has 0 bridgehead atoms. The fraction of sp³-hybridized carbons (Fsp3) is 0.600. The summed E-state index contributed by atoms with van der Waals surface area (Å²) in [4.78, 5) is 6.83. The molecular formula is C20H32IN5OS. The van der Waals surface area contributed by atoms with Crippen molar-refractivity contribution in [3.05, 3.63) is 35.0 Å². The van der Waals surface area contributed by atoms with Crippen molar-refractivity contribution in [2.45, 2.75) is 58.0 Å². The second kappa shape index (κ2) is 11.6. The molecule has 1 aliphatic heterocycles. The summed E-state index contributed by atoms with van der Waals surface area (Å²) in [6, 6.07) is 6.83. The Morgan fingerprint density at radius 2 is 2.11 bits per heavy atom. The van der Waals surface area contributed by atoms with Crippen LogP contribution in [-0.4, -0.2) is 37.3 Å². The number of piperidine rings is 1. The quantitative estimate of drug-likeness (QED) is 0.320. The Bertz CT molecular complexity index is 706. The SMILES string of the molecule is CCC(CC)c1cc(CNC(=NC)NC2CCN(c3cccs3)CC2)on1.I. The standard InChI is InChI=1S/C20H31N5OS.HI/c1-4-15(5-2)18-13-17(26-24-18)14-22-20(21-3)23-16-8-10-25(11-9-16)19-7-6-12-27-19;/h6-7,12-13,15-16H,4-5,8-11,14H2,1-3H3,(H2,21,22,23);1H. The van der Waals surface area contributed by atoms with Gasteiger partial charge in [0.05, 0.1) is 17.2 Å². The zero-order chi connectivity index (χ0) is 19.1. The van der Waals surface area contributed by atoms with Crippen molar-refractivity contribution in [2.24, 2.45) is 4.99 Å². The number of guanidine groups is 1. The third-order valence-corrected chi connectivity index (χ3v) is 6.22. The number of hydrogen-bond donors (Lipinski definition) is 2. The maximum Gasteiger partial charge on any atom is 0.191 e. The van der Waals surface area contributed by atoms with E-state index in [1.54, 1.807) is 0 Å². The molecule has 0 unspecified atom stereocenters. The van der Waals surface area contributed by atoms with Crippen LogP contribution >= 0.6 is 35.3 Å². The molecule has 0 saturated carbocycles. The normalized spacial score (nSPS) is 15.6. The highest BCUT2D eigenvalue weighted by atomic mass is 127. The Morgan fingerprint density at radius 3 is 2.71 bits per heavy atom. The summed E-state index contributed by atoms with van der Waals surface area (Å²) in [6.07, 6.45) is 4.39. The highest BCUT2D eigenvalue weighted by molar-refractivity contribution is 14.0. The maximum atomic E-state index is 5.49. The van der Waals surface area contributed by atoms with Crippen molar-refractivity contribution in [1.29, 1.82) is 0 Å². The lowest BCUT2D eigenvalue weighted by molar-refractivity contribution is 0.367. The Morgan fingerprint density at radius 1 is 1.36 bits per heavy atom. The summed E-state index contributed by atoms with van der Waals surface area (Å²) < 4.78 is 5.49. The average Bonchev–Trinajstić information content (AvgIpc) is 3.39. The van der Waals surface area contributed by atoms with Crippen LogP contribution in [0.2, 0.25) is 0 Å². The Hall–Kier alpha value is -1.29. The molecule has 28 heavy (non-hydrogen) atoms. The summed E-state index contributed by atoms with van der Waals surface area (Å²) in [5.41, 5.74) is 1.06. The number of aromatic nitrogens is 1. The first-order valence-corrected chi connectivity index (χ1v) is 10.8. The topological polar surface area (TPSA) is 65.7 Å². The molecular weight excluding hydrogens is 485 g/mol. The smallest absolute Gasteiger partial charge is 0.191 e. The first kappa shape index (κ1) is 23.0. The fourth-order valence-corrected chi connectivity index (χ4v) is 4.35. The average molecular weight is 517 g/mol. The summed E-state index contributed by atoms with van der Waals surface area (Å²) >= 11 is 1.81. The van der Waals surface area contributed by atoms with Crippen LogP contribution in [0.25, 0.3) is 0 Å². The maximum absolute atomic E-state index is 5.49. The molecule has 0 amide bonds. The van der Waals surface area contributed by atoms with E-state index in [0.29, 0.717) is 18.5 Å². The molecule has 2 aromatic rings. The predicted molar refractivity (Wildman–Crippen MR) is 128 cm³/mol. The van der Waals surface area contributed by atoms with Crippen molar-refractivity contribution in [1.82, 2.24) is 15.8 Å². The molecule has 2 aromatic heterocycles. The highest BCUT2D eigenvalue weighted by Crippen LogP contribution is 2.25. The van der Waals surface area contributed by atoms with Crippen molar-refractivity contribution in [3.8, 4) is 0 Å². The van der Waals surface area contributed by atoms with Gasteiger partial charge in [-0.3, -0.25) is 4.99 Å². The summed E-state index contributed by atoms with van der Waals surface area (Å²) in [5.74, 6) is 2.16. The zero-order valence-electron chi connectivity index (χ0n) is 17.0. The lowest BCUT2D eigenvalue weighted by Gasteiger charge is -2.33. The molecule has 3 heterocycles. The zero-order valence-corrected chi connectivity index (χ0v) is 20.1. The van der Waals surface area contributed by atoms with E-state index in [9.17, 15) is 0 Å². The van der Waals surface area contributed by atoms with E-state index in [4.69, 9.17) is 4.52 Å². The van der Waals surface area contributed by atoms with Gasteiger partial charge in [0.15, 0.2) is 11.7 Å². The minimum absolute atomic E-state index is 0. The molecule has 1 saturated heterocycles. The van der Waals surface area contributed by atoms with Crippen molar-refractivity contribution in [3.63, 3.8) is 0 Å². The Labute approximate surface area is 189 Å². The van der Waals surface area contributed by atoms with Gasteiger partial charge in [0.25, 0.3) is 0 Å². The molecule has 0 spiro atoms. The summed E-state index contributed by atoms with van der Waals surface area (Å²) in [5, 5.41) is 14.6. The first-order chi connectivity index (χ1) is 13.2. The van der Waals surface area contributed by atoms with Crippen molar-refractivity contribution in [2.75, 3.05) is 25.0 Å². The van der Waals surface area contributed by atoms with Crippen LogP contribution in [0.15, 0.2) is 33.1 Å². The number of rotatable bonds is 7. The van der Waals surface area contributed by atoms with E-state index in [-0.39, 0.29) is 24.0 Å². The van der Waals surface area contributed by atoms with Gasteiger partial charge in [-0.25, -0.2) is 0 Å². The Balaban J connectivity index is 0.00000280. The monoisotopic (exact) mass is 517 g/mol. The van der Waals surface area contributed by atoms with Gasteiger partial charge in [-0.15, -0.1) is 35.3 Å². The minimum Gasteiger partial charge on any atom is -0.363 e. The number of anilines is 1. The molecule has 0 aromatic carbocycles. The molecule has 2 N–H and O–H groups in total. The first-order valence-electron chi connectivity index (χ1n) is 9.94. The van der Waals surface area contributed by atoms with E-state index < -0.39 is 0 Å². The van der Waals surface area contributed by atoms with Gasteiger partial charge in [-0.2, -0.15) is 0 Å². The minimum atomic E-state index is 0. The van der Waals surface area contributed by atoms with Gasteiger partial charge in [-0.05, 0) is 43.2 Å². The van der Waals surface area contributed by atoms with Crippen LogP contribution in [0, 0.1) is 0 Å². The predicted octanol–water partition coefficient (Wildman–Crippen LogP) is 4.59. The van der Waals surface area contributed by atoms with E-state index >= 15 is 0 Å². The van der Waals surface area contributed by atoms with E-state index in [1.807, 2.05) is 18.4 Å². The number of aliphatic imine (C=N–C) groups is 1. The molecule has 8 heteroatoms. The molecule has 1 fully saturated rings. The molecule has 0 radical (unpaired) electrons. The van der Waals surface area contributed by atoms with Gasteiger partial charge in [0, 0.05) is 38.2 Å². The van der Waals surface area contributed by atoms with Crippen LogP contribution in [-0.2, 0) is 6.54 Å². The number of thiophene rings is 1. The van der Waals surface area contributed by atoms with Crippen molar-refractivity contribution >= 4 is 46.3 Å². The highest BCUT2D eigenvalue weighted by Gasteiger charge is 2.21. The molecule has 1 aliphatic rings. The Kier molecular flexibility index (Phi) is 9.57. The number of nitrogens with zero attached hydrogens (tertiary/aromatic N) is 3. The summed E-state index contributed by atoms with van der Waals surface area (Å²) in [7, 11) is 1.81. The van der Waals surface area contributed by atoms with E-state index in [1.165, 1.54) is 5.00 Å². The fourth-order valence-electron chi connectivity index (χ4n) is 3.56. The van der Waals surface area contributed by atoms with Gasteiger partial charge in [-0.1, -0.05) is 19.0 Å². The third-order valence-electron chi connectivity index (χ3n) is 5.29. The van der Waals surface area contributed by atoms with Crippen LogP contribution in [0.1, 0.15) is 56.9 Å².